The van der Waals surface area contributed by atoms with Gasteiger partial charge in [-0.2, -0.15) is 13.2 Å². The van der Waals surface area contributed by atoms with Gasteiger partial charge in [0.05, 0.1) is 16.6 Å². The van der Waals surface area contributed by atoms with E-state index in [-0.39, 0.29) is 22.2 Å². The van der Waals surface area contributed by atoms with Gasteiger partial charge in [0.15, 0.2) is 5.76 Å². The summed E-state index contributed by atoms with van der Waals surface area (Å²) in [6.07, 6.45) is -4.55. The molecular formula is C16H10F3NO3. The Morgan fingerprint density at radius 1 is 1.17 bits per heavy atom. The minimum absolute atomic E-state index is 0.0700. The molecule has 3 aromatic rings. The smallest absolute Gasteiger partial charge is 0.416 e. The van der Waals surface area contributed by atoms with Gasteiger partial charge in [0.25, 0.3) is 0 Å². The predicted octanol–water partition coefficient (Wildman–Crippen LogP) is 4.52. The second-order valence-electron chi connectivity index (χ2n) is 5.00. The molecule has 0 aliphatic heterocycles. The third-order valence-corrected chi connectivity index (χ3v) is 3.36. The van der Waals surface area contributed by atoms with E-state index in [2.05, 4.69) is 4.98 Å². The van der Waals surface area contributed by atoms with Crippen molar-refractivity contribution < 1.29 is 27.5 Å². The second-order valence-corrected chi connectivity index (χ2v) is 5.00. The van der Waals surface area contributed by atoms with Crippen LogP contribution < -0.4 is 0 Å². The van der Waals surface area contributed by atoms with Gasteiger partial charge in [-0.15, -0.1) is 0 Å². The Hall–Kier alpha value is -2.83. The molecule has 0 atom stereocenters. The first-order valence-electron chi connectivity index (χ1n) is 6.58. The Morgan fingerprint density at radius 3 is 2.48 bits per heavy atom. The van der Waals surface area contributed by atoms with Crippen molar-refractivity contribution in [1.82, 2.24) is 4.98 Å². The number of nitrogens with zero attached hydrogens (tertiary/aromatic N) is 1. The van der Waals surface area contributed by atoms with Crippen LogP contribution >= 0.6 is 0 Å². The molecule has 0 aliphatic rings. The zero-order chi connectivity index (χ0) is 16.8. The number of aromatic carboxylic acids is 1. The normalized spacial score (nSPS) is 11.8. The first-order valence-corrected chi connectivity index (χ1v) is 6.58. The highest BCUT2D eigenvalue weighted by atomic mass is 19.4. The van der Waals surface area contributed by atoms with Crippen LogP contribution in [0, 0.1) is 6.92 Å². The number of hydrogen-bond donors (Lipinski definition) is 1. The van der Waals surface area contributed by atoms with E-state index in [0.717, 1.165) is 18.2 Å². The fraction of sp³-hybridized carbons (Fsp3) is 0.125. The summed E-state index contributed by atoms with van der Waals surface area (Å²) in [4.78, 5) is 15.6. The monoisotopic (exact) mass is 321 g/mol. The Balaban J connectivity index is 2.27. The van der Waals surface area contributed by atoms with Gasteiger partial charge in [0, 0.05) is 5.39 Å². The third kappa shape index (κ3) is 2.77. The van der Waals surface area contributed by atoms with Crippen molar-refractivity contribution in [2.75, 3.05) is 0 Å². The molecule has 0 aliphatic carbocycles. The summed E-state index contributed by atoms with van der Waals surface area (Å²) in [7, 11) is 0. The molecule has 0 bridgehead atoms. The standard InChI is InChI=1S/C16H10F3NO3/c1-8-2-5-14(23-8)13-7-11(15(21)22)10-6-9(16(17,18)19)3-4-12(10)20-13/h2-7H,1H3,(H,21,22). The molecule has 23 heavy (non-hydrogen) atoms. The highest BCUT2D eigenvalue weighted by Crippen LogP contribution is 2.33. The van der Waals surface area contributed by atoms with Gasteiger partial charge in [-0.1, -0.05) is 0 Å². The predicted molar refractivity (Wildman–Crippen MR) is 76.1 cm³/mol. The lowest BCUT2D eigenvalue weighted by molar-refractivity contribution is -0.137. The number of carboxylic acids is 1. The van der Waals surface area contributed by atoms with Gasteiger partial charge >= 0.3 is 12.1 Å². The van der Waals surface area contributed by atoms with E-state index in [9.17, 15) is 23.1 Å². The molecule has 2 aromatic heterocycles. The SMILES string of the molecule is Cc1ccc(-c2cc(C(=O)O)c3cc(C(F)(F)F)ccc3n2)o1. The maximum Gasteiger partial charge on any atom is 0.416 e. The fourth-order valence-corrected chi connectivity index (χ4v) is 2.28. The van der Waals surface area contributed by atoms with E-state index >= 15 is 0 Å². The van der Waals surface area contributed by atoms with Gasteiger partial charge in [-0.25, -0.2) is 9.78 Å². The van der Waals surface area contributed by atoms with Gasteiger partial charge < -0.3 is 9.52 Å². The molecule has 7 heteroatoms. The number of aromatic nitrogens is 1. The van der Waals surface area contributed by atoms with Gasteiger partial charge in [0.2, 0.25) is 0 Å². The lowest BCUT2D eigenvalue weighted by Crippen LogP contribution is -2.06. The summed E-state index contributed by atoms with van der Waals surface area (Å²) < 4.78 is 43.8. The first kappa shape index (κ1) is 15.1. The Labute approximate surface area is 128 Å². The molecule has 2 heterocycles. The minimum atomic E-state index is -4.55. The Bertz CT molecular complexity index is 913. The number of halogens is 3. The molecular weight excluding hydrogens is 311 g/mol. The number of hydrogen-bond acceptors (Lipinski definition) is 3. The highest BCUT2D eigenvalue weighted by Gasteiger charge is 2.31. The van der Waals surface area contributed by atoms with E-state index in [1.165, 1.54) is 6.07 Å². The molecule has 0 amide bonds. The van der Waals surface area contributed by atoms with Crippen LogP contribution in [0.3, 0.4) is 0 Å². The van der Waals surface area contributed by atoms with Crippen LogP contribution in [0.2, 0.25) is 0 Å². The molecule has 118 valence electrons. The zero-order valence-corrected chi connectivity index (χ0v) is 11.8. The average molecular weight is 321 g/mol. The van der Waals surface area contributed by atoms with Gasteiger partial charge in [0.1, 0.15) is 11.5 Å². The van der Waals surface area contributed by atoms with E-state index in [0.29, 0.717) is 11.5 Å². The molecule has 4 nitrogen and oxygen atoms in total. The van der Waals surface area contributed by atoms with E-state index in [1.807, 2.05) is 0 Å². The summed E-state index contributed by atoms with van der Waals surface area (Å²) in [5, 5.41) is 9.24. The van der Waals surface area contributed by atoms with Crippen LogP contribution in [0.1, 0.15) is 21.7 Å². The average Bonchev–Trinajstić information content (AvgIpc) is 2.91. The third-order valence-electron chi connectivity index (χ3n) is 3.36. The molecule has 0 radical (unpaired) electrons. The van der Waals surface area contributed by atoms with Crippen molar-refractivity contribution in [3.63, 3.8) is 0 Å². The second kappa shape index (κ2) is 5.12. The largest absolute Gasteiger partial charge is 0.478 e. The van der Waals surface area contributed by atoms with Crippen LogP contribution in [0.15, 0.2) is 40.8 Å². The van der Waals surface area contributed by atoms with E-state index < -0.39 is 17.7 Å². The summed E-state index contributed by atoms with van der Waals surface area (Å²) in [5.41, 5.74) is -0.772. The van der Waals surface area contributed by atoms with Crippen molar-refractivity contribution in [2.24, 2.45) is 0 Å². The van der Waals surface area contributed by atoms with Crippen LogP contribution in [-0.2, 0) is 6.18 Å². The molecule has 0 spiro atoms. The number of furan rings is 1. The first-order chi connectivity index (χ1) is 10.8. The number of fused-ring (bicyclic) bond motifs is 1. The van der Waals surface area contributed by atoms with E-state index in [4.69, 9.17) is 4.42 Å². The maximum absolute atomic E-state index is 12.8. The van der Waals surface area contributed by atoms with Crippen LogP contribution in [0.5, 0.6) is 0 Å². The van der Waals surface area contributed by atoms with Crippen LogP contribution in [-0.4, -0.2) is 16.1 Å². The lowest BCUT2D eigenvalue weighted by atomic mass is 10.0. The van der Waals surface area contributed by atoms with Crippen molar-refractivity contribution in [3.05, 3.63) is 53.3 Å². The fourth-order valence-electron chi connectivity index (χ4n) is 2.28. The topological polar surface area (TPSA) is 63.3 Å². The van der Waals surface area contributed by atoms with Gasteiger partial charge in [-0.05, 0) is 43.3 Å². The molecule has 3 rings (SSSR count). The molecule has 0 fully saturated rings. The minimum Gasteiger partial charge on any atom is -0.478 e. The molecule has 0 saturated heterocycles. The number of rotatable bonds is 2. The summed E-state index contributed by atoms with van der Waals surface area (Å²) >= 11 is 0. The maximum atomic E-state index is 12.8. The zero-order valence-electron chi connectivity index (χ0n) is 11.8. The van der Waals surface area contributed by atoms with Gasteiger partial charge in [-0.3, -0.25) is 0 Å². The Morgan fingerprint density at radius 2 is 1.91 bits per heavy atom. The molecule has 0 unspecified atom stereocenters. The summed E-state index contributed by atoms with van der Waals surface area (Å²) in [6, 6.07) is 7.35. The summed E-state index contributed by atoms with van der Waals surface area (Å²) in [5.74, 6) is -0.362. The van der Waals surface area contributed by atoms with Crippen LogP contribution in [0.4, 0.5) is 13.2 Å². The number of carboxylic acid groups (broad SMARTS) is 1. The van der Waals surface area contributed by atoms with Crippen molar-refractivity contribution in [1.29, 1.82) is 0 Å². The lowest BCUT2D eigenvalue weighted by Gasteiger charge is -2.10. The van der Waals surface area contributed by atoms with Crippen molar-refractivity contribution in [2.45, 2.75) is 13.1 Å². The molecule has 1 aromatic carbocycles. The number of alkyl halides is 3. The number of carbonyl (C=O) groups is 1. The molecule has 1 N–H and O–H groups in total. The quantitative estimate of drug-likeness (QED) is 0.754. The molecule has 0 saturated carbocycles. The number of benzene rings is 1. The van der Waals surface area contributed by atoms with Crippen molar-refractivity contribution >= 4 is 16.9 Å². The van der Waals surface area contributed by atoms with Crippen molar-refractivity contribution in [3.8, 4) is 11.5 Å². The van der Waals surface area contributed by atoms with Crippen LogP contribution in [0.25, 0.3) is 22.4 Å². The Kier molecular flexibility index (Phi) is 3.35. The highest BCUT2D eigenvalue weighted by molar-refractivity contribution is 6.03. The number of aryl methyl sites for hydroxylation is 1. The summed E-state index contributed by atoms with van der Waals surface area (Å²) in [6.45, 7) is 1.72. The number of pyridine rings is 1. The van der Waals surface area contributed by atoms with E-state index in [1.54, 1.807) is 19.1 Å².